The number of ether oxygens (including phenoxy) is 1. The van der Waals surface area contributed by atoms with Crippen LogP contribution in [0.3, 0.4) is 0 Å². The van der Waals surface area contributed by atoms with Gasteiger partial charge in [-0.3, -0.25) is 0 Å². The second-order valence-electron chi connectivity index (χ2n) is 4.78. The molecule has 1 aliphatic heterocycles. The van der Waals surface area contributed by atoms with Gasteiger partial charge in [-0.1, -0.05) is 11.6 Å². The lowest BCUT2D eigenvalue weighted by molar-refractivity contribution is 0.0864. The van der Waals surface area contributed by atoms with Gasteiger partial charge in [-0.2, -0.15) is 0 Å². The molecule has 1 atom stereocenters. The van der Waals surface area contributed by atoms with E-state index in [0.29, 0.717) is 5.92 Å². The molecule has 0 saturated carbocycles. The maximum atomic E-state index is 10.5. The Hall–Kier alpha value is -1.06. The first kappa shape index (κ1) is 12.4. The molecule has 0 aliphatic carbocycles. The highest BCUT2D eigenvalue weighted by Gasteiger charge is 2.25. The Morgan fingerprint density at radius 1 is 1.35 bits per heavy atom. The van der Waals surface area contributed by atoms with Gasteiger partial charge >= 0.3 is 0 Å². The average molecular weight is 235 g/mol. The van der Waals surface area contributed by atoms with Crippen LogP contribution in [-0.2, 0) is 0 Å². The number of aryl methyl sites for hydroxylation is 1. The van der Waals surface area contributed by atoms with Crippen LogP contribution in [0.2, 0.25) is 0 Å². The number of hydrogen-bond donors (Lipinski definition) is 2. The van der Waals surface area contributed by atoms with E-state index in [0.717, 1.165) is 42.8 Å². The van der Waals surface area contributed by atoms with Crippen LogP contribution < -0.4 is 10.1 Å². The Bertz CT molecular complexity index is 372. The predicted octanol–water partition coefficient (Wildman–Crippen LogP) is 2.04. The Kier molecular flexibility index (Phi) is 4.02. The van der Waals surface area contributed by atoms with Gasteiger partial charge in [0.25, 0.3) is 0 Å². The number of piperidine rings is 1. The molecule has 17 heavy (non-hydrogen) atoms. The first-order chi connectivity index (χ1) is 8.22. The molecule has 1 aliphatic rings. The van der Waals surface area contributed by atoms with Gasteiger partial charge in [0, 0.05) is 5.56 Å². The summed E-state index contributed by atoms with van der Waals surface area (Å²) in [6.45, 7) is 4.03. The Morgan fingerprint density at radius 3 is 2.71 bits per heavy atom. The zero-order valence-corrected chi connectivity index (χ0v) is 10.6. The third-order valence-corrected chi connectivity index (χ3v) is 3.53. The van der Waals surface area contributed by atoms with Crippen molar-refractivity contribution in [3.05, 3.63) is 29.3 Å². The molecule has 0 aromatic heterocycles. The van der Waals surface area contributed by atoms with E-state index in [-0.39, 0.29) is 0 Å². The van der Waals surface area contributed by atoms with E-state index in [1.54, 1.807) is 7.11 Å². The van der Waals surface area contributed by atoms with Crippen LogP contribution in [0.15, 0.2) is 18.2 Å². The van der Waals surface area contributed by atoms with Gasteiger partial charge < -0.3 is 15.2 Å². The molecule has 94 valence electrons. The standard InChI is InChI=1S/C14H21NO2/c1-10-3-4-13(17-2)12(9-10)14(16)11-5-7-15-8-6-11/h3-4,9,11,14-16H,5-8H2,1-2H3. The fourth-order valence-electron chi connectivity index (χ4n) is 2.50. The predicted molar refractivity (Wildman–Crippen MR) is 68.3 cm³/mol. The summed E-state index contributed by atoms with van der Waals surface area (Å²) in [4.78, 5) is 0. The normalized spacial score (nSPS) is 19.0. The molecule has 0 spiro atoms. The van der Waals surface area contributed by atoms with Crippen molar-refractivity contribution >= 4 is 0 Å². The van der Waals surface area contributed by atoms with E-state index in [9.17, 15) is 5.11 Å². The summed E-state index contributed by atoms with van der Waals surface area (Å²) in [5.41, 5.74) is 2.09. The molecule has 0 amide bonds. The van der Waals surface area contributed by atoms with Gasteiger partial charge in [-0.15, -0.1) is 0 Å². The van der Waals surface area contributed by atoms with E-state index in [4.69, 9.17) is 4.74 Å². The number of aliphatic hydroxyl groups excluding tert-OH is 1. The molecule has 1 aromatic carbocycles. The van der Waals surface area contributed by atoms with Gasteiger partial charge in [0.2, 0.25) is 0 Å². The van der Waals surface area contributed by atoms with Gasteiger partial charge in [-0.25, -0.2) is 0 Å². The lowest BCUT2D eigenvalue weighted by Gasteiger charge is -2.28. The molecule has 2 rings (SSSR count). The number of nitrogens with one attached hydrogen (secondary N) is 1. The number of methoxy groups -OCH3 is 1. The monoisotopic (exact) mass is 235 g/mol. The SMILES string of the molecule is COc1ccc(C)cc1C(O)C1CCNCC1. The summed E-state index contributed by atoms with van der Waals surface area (Å²) in [6.07, 6.45) is 1.64. The first-order valence-corrected chi connectivity index (χ1v) is 6.25. The quantitative estimate of drug-likeness (QED) is 0.842. The van der Waals surface area contributed by atoms with Crippen molar-refractivity contribution < 1.29 is 9.84 Å². The molecule has 1 unspecified atom stereocenters. The van der Waals surface area contributed by atoms with Crippen molar-refractivity contribution in [3.8, 4) is 5.75 Å². The third kappa shape index (κ3) is 2.79. The summed E-state index contributed by atoms with van der Waals surface area (Å²) in [7, 11) is 1.66. The molecule has 1 aromatic rings. The van der Waals surface area contributed by atoms with Crippen molar-refractivity contribution in [3.63, 3.8) is 0 Å². The molecule has 0 bridgehead atoms. The summed E-state index contributed by atoms with van der Waals surface area (Å²) < 4.78 is 5.34. The summed E-state index contributed by atoms with van der Waals surface area (Å²) in [5, 5.41) is 13.8. The highest BCUT2D eigenvalue weighted by atomic mass is 16.5. The van der Waals surface area contributed by atoms with Crippen LogP contribution in [0.5, 0.6) is 5.75 Å². The van der Waals surface area contributed by atoms with Crippen LogP contribution in [0, 0.1) is 12.8 Å². The van der Waals surface area contributed by atoms with Crippen molar-refractivity contribution in [1.29, 1.82) is 0 Å². The van der Waals surface area contributed by atoms with Crippen molar-refractivity contribution in [2.45, 2.75) is 25.9 Å². The molecule has 3 heteroatoms. The number of hydrogen-bond acceptors (Lipinski definition) is 3. The van der Waals surface area contributed by atoms with Crippen molar-refractivity contribution in [1.82, 2.24) is 5.32 Å². The molecule has 3 nitrogen and oxygen atoms in total. The molecule has 0 radical (unpaired) electrons. The molecular weight excluding hydrogens is 214 g/mol. The minimum absolute atomic E-state index is 0.340. The van der Waals surface area contributed by atoms with Crippen molar-refractivity contribution in [2.24, 2.45) is 5.92 Å². The van der Waals surface area contributed by atoms with Gasteiger partial charge in [-0.05, 0) is 50.9 Å². The minimum Gasteiger partial charge on any atom is -0.496 e. The van der Waals surface area contributed by atoms with Gasteiger partial charge in [0.05, 0.1) is 13.2 Å². The largest absolute Gasteiger partial charge is 0.496 e. The Balaban J connectivity index is 2.21. The van der Waals surface area contributed by atoms with Crippen LogP contribution in [-0.4, -0.2) is 25.3 Å². The summed E-state index contributed by atoms with van der Waals surface area (Å²) >= 11 is 0. The summed E-state index contributed by atoms with van der Waals surface area (Å²) in [5.74, 6) is 1.13. The molecule has 1 fully saturated rings. The van der Waals surface area contributed by atoms with Crippen LogP contribution in [0.25, 0.3) is 0 Å². The molecular formula is C14H21NO2. The van der Waals surface area contributed by atoms with E-state index < -0.39 is 6.10 Å². The number of aliphatic hydroxyl groups is 1. The van der Waals surface area contributed by atoms with Gasteiger partial charge in [0.15, 0.2) is 0 Å². The van der Waals surface area contributed by atoms with Crippen LogP contribution >= 0.6 is 0 Å². The minimum atomic E-state index is -0.410. The highest BCUT2D eigenvalue weighted by Crippen LogP contribution is 2.34. The van der Waals surface area contributed by atoms with E-state index in [2.05, 4.69) is 5.32 Å². The topological polar surface area (TPSA) is 41.5 Å². The average Bonchev–Trinajstić information content (AvgIpc) is 2.39. The van der Waals surface area contributed by atoms with Crippen molar-refractivity contribution in [2.75, 3.05) is 20.2 Å². The number of rotatable bonds is 3. The van der Waals surface area contributed by atoms with E-state index in [1.807, 2.05) is 25.1 Å². The molecule has 2 N–H and O–H groups in total. The lowest BCUT2D eigenvalue weighted by atomic mass is 9.87. The second kappa shape index (κ2) is 5.52. The second-order valence-corrected chi connectivity index (χ2v) is 4.78. The van der Waals surface area contributed by atoms with E-state index in [1.165, 1.54) is 0 Å². The van der Waals surface area contributed by atoms with Crippen LogP contribution in [0.1, 0.15) is 30.1 Å². The fourth-order valence-corrected chi connectivity index (χ4v) is 2.50. The Labute approximate surface area is 103 Å². The maximum Gasteiger partial charge on any atom is 0.124 e. The van der Waals surface area contributed by atoms with Crippen LogP contribution in [0.4, 0.5) is 0 Å². The van der Waals surface area contributed by atoms with E-state index >= 15 is 0 Å². The number of benzene rings is 1. The molecule has 1 heterocycles. The van der Waals surface area contributed by atoms with Gasteiger partial charge in [0.1, 0.15) is 5.75 Å². The Morgan fingerprint density at radius 2 is 2.06 bits per heavy atom. The third-order valence-electron chi connectivity index (χ3n) is 3.53. The summed E-state index contributed by atoms with van der Waals surface area (Å²) in [6, 6.07) is 5.98. The zero-order chi connectivity index (χ0) is 12.3. The smallest absolute Gasteiger partial charge is 0.124 e. The highest BCUT2D eigenvalue weighted by molar-refractivity contribution is 5.38. The molecule has 1 saturated heterocycles. The first-order valence-electron chi connectivity index (χ1n) is 6.25. The fraction of sp³-hybridized carbons (Fsp3) is 0.571. The zero-order valence-electron chi connectivity index (χ0n) is 10.6. The lowest BCUT2D eigenvalue weighted by Crippen LogP contribution is -2.31. The maximum absolute atomic E-state index is 10.5.